The van der Waals surface area contributed by atoms with E-state index in [-0.39, 0.29) is 31.9 Å². The zero-order chi connectivity index (χ0) is 16.6. The van der Waals surface area contributed by atoms with Gasteiger partial charge in [-0.2, -0.15) is 0 Å². The van der Waals surface area contributed by atoms with Gasteiger partial charge in [0.2, 0.25) is 0 Å². The van der Waals surface area contributed by atoms with Crippen LogP contribution in [0.2, 0.25) is 0 Å². The molecule has 0 radical (unpaired) electrons. The second kappa shape index (κ2) is 8.64. The first-order valence-electron chi connectivity index (χ1n) is 7.42. The molecule has 1 unspecified atom stereocenters. The molecule has 1 aliphatic rings. The first kappa shape index (κ1) is 19.4. The van der Waals surface area contributed by atoms with E-state index in [1.807, 2.05) is 13.8 Å². The van der Waals surface area contributed by atoms with Crippen LogP contribution in [-0.2, 0) is 19.1 Å². The zero-order valence-corrected chi connectivity index (χ0v) is 13.9. The summed E-state index contributed by atoms with van der Waals surface area (Å²) in [6.45, 7) is 11.5. The Morgan fingerprint density at radius 1 is 1.29 bits per heavy atom. The van der Waals surface area contributed by atoms with E-state index >= 15 is 0 Å². The van der Waals surface area contributed by atoms with Gasteiger partial charge in [-0.15, -0.1) is 0 Å². The topological polar surface area (TPSA) is 72.9 Å². The standard InChI is InChI=1S/C13H21NO5.C2H6/c1-5-18-11(16)9-8-14(7-6-10(9)15)12(17)19-13(2,3)4;1-2/h9H,5-8H2,1-4H3;1-2H3. The average Bonchev–Trinajstić information content (AvgIpc) is 2.39. The Morgan fingerprint density at radius 3 is 2.33 bits per heavy atom. The van der Waals surface area contributed by atoms with E-state index in [4.69, 9.17) is 9.47 Å². The minimum absolute atomic E-state index is 0.0343. The highest BCUT2D eigenvalue weighted by Gasteiger charge is 2.37. The summed E-state index contributed by atoms with van der Waals surface area (Å²) in [5.74, 6) is -1.64. The number of piperidine rings is 1. The maximum Gasteiger partial charge on any atom is 0.410 e. The van der Waals surface area contributed by atoms with Crippen LogP contribution in [0.25, 0.3) is 0 Å². The molecule has 1 atom stereocenters. The lowest BCUT2D eigenvalue weighted by molar-refractivity contribution is -0.153. The molecule has 0 aromatic carbocycles. The molecule has 1 rings (SSSR count). The molecule has 1 amide bonds. The van der Waals surface area contributed by atoms with Crippen LogP contribution in [-0.4, -0.2) is 48.0 Å². The van der Waals surface area contributed by atoms with Crippen LogP contribution in [0, 0.1) is 5.92 Å². The van der Waals surface area contributed by atoms with Gasteiger partial charge >= 0.3 is 12.1 Å². The third-order valence-corrected chi connectivity index (χ3v) is 2.64. The number of likely N-dealkylation sites (tertiary alicyclic amines) is 1. The summed E-state index contributed by atoms with van der Waals surface area (Å²) in [4.78, 5) is 36.6. The number of ketones is 1. The van der Waals surface area contributed by atoms with Gasteiger partial charge in [-0.25, -0.2) is 4.79 Å². The van der Waals surface area contributed by atoms with E-state index in [1.54, 1.807) is 27.7 Å². The highest BCUT2D eigenvalue weighted by molar-refractivity contribution is 6.00. The fourth-order valence-corrected chi connectivity index (χ4v) is 1.77. The normalized spacial score (nSPS) is 18.5. The third-order valence-electron chi connectivity index (χ3n) is 2.64. The molecule has 0 spiro atoms. The molecule has 6 nitrogen and oxygen atoms in total. The average molecular weight is 301 g/mol. The van der Waals surface area contributed by atoms with Crippen molar-refractivity contribution < 1.29 is 23.9 Å². The summed E-state index contributed by atoms with van der Waals surface area (Å²) < 4.78 is 10.1. The van der Waals surface area contributed by atoms with Gasteiger partial charge in [0, 0.05) is 19.5 Å². The monoisotopic (exact) mass is 301 g/mol. The molecule has 1 fully saturated rings. The molecule has 21 heavy (non-hydrogen) atoms. The Morgan fingerprint density at radius 2 is 1.86 bits per heavy atom. The lowest BCUT2D eigenvalue weighted by atomic mass is 9.97. The van der Waals surface area contributed by atoms with Gasteiger partial charge in [-0.05, 0) is 27.7 Å². The third kappa shape index (κ3) is 6.60. The Labute approximate surface area is 126 Å². The number of rotatable bonds is 2. The van der Waals surface area contributed by atoms with Crippen molar-refractivity contribution in [3.05, 3.63) is 0 Å². The lowest BCUT2D eigenvalue weighted by Crippen LogP contribution is -2.48. The zero-order valence-electron chi connectivity index (χ0n) is 13.9. The second-order valence-electron chi connectivity index (χ2n) is 5.45. The first-order chi connectivity index (χ1) is 9.74. The SMILES string of the molecule is CC.CCOC(=O)C1CN(C(=O)OC(C)(C)C)CCC1=O. The minimum atomic E-state index is -0.888. The second-order valence-corrected chi connectivity index (χ2v) is 5.45. The highest BCUT2D eigenvalue weighted by Crippen LogP contribution is 2.18. The summed E-state index contributed by atoms with van der Waals surface area (Å²) >= 11 is 0. The van der Waals surface area contributed by atoms with Crippen molar-refractivity contribution in [2.45, 2.75) is 53.6 Å². The van der Waals surface area contributed by atoms with Gasteiger partial charge in [-0.3, -0.25) is 9.59 Å². The van der Waals surface area contributed by atoms with Crippen LogP contribution in [0.3, 0.4) is 0 Å². The largest absolute Gasteiger partial charge is 0.465 e. The Hall–Kier alpha value is -1.59. The maximum absolute atomic E-state index is 11.9. The number of carbonyl (C=O) groups excluding carboxylic acids is 3. The lowest BCUT2D eigenvalue weighted by Gasteiger charge is -2.32. The van der Waals surface area contributed by atoms with Gasteiger partial charge in [-0.1, -0.05) is 13.8 Å². The van der Waals surface area contributed by atoms with Crippen LogP contribution in [0.15, 0.2) is 0 Å². The number of hydrogen-bond acceptors (Lipinski definition) is 5. The van der Waals surface area contributed by atoms with Gasteiger partial charge in [0.15, 0.2) is 5.78 Å². The molecule has 0 aromatic rings. The summed E-state index contributed by atoms with van der Waals surface area (Å²) in [5.41, 5.74) is -0.599. The van der Waals surface area contributed by atoms with Crippen molar-refractivity contribution in [3.63, 3.8) is 0 Å². The molecule has 0 aliphatic carbocycles. The molecule has 0 aromatic heterocycles. The van der Waals surface area contributed by atoms with E-state index in [2.05, 4.69) is 0 Å². The predicted octanol–water partition coefficient (Wildman–Crippen LogP) is 2.40. The molecule has 1 saturated heterocycles. The fourth-order valence-electron chi connectivity index (χ4n) is 1.77. The number of nitrogens with zero attached hydrogens (tertiary/aromatic N) is 1. The van der Waals surface area contributed by atoms with Crippen molar-refractivity contribution in [2.75, 3.05) is 19.7 Å². The number of esters is 1. The maximum atomic E-state index is 11.9. The predicted molar refractivity (Wildman–Crippen MR) is 78.9 cm³/mol. The number of hydrogen-bond donors (Lipinski definition) is 0. The van der Waals surface area contributed by atoms with Gasteiger partial charge < -0.3 is 14.4 Å². The van der Waals surface area contributed by atoms with Gasteiger partial charge in [0.05, 0.1) is 6.61 Å². The van der Waals surface area contributed by atoms with Gasteiger partial charge in [0.1, 0.15) is 11.5 Å². The van der Waals surface area contributed by atoms with E-state index in [0.29, 0.717) is 0 Å². The molecule has 6 heteroatoms. The van der Waals surface area contributed by atoms with E-state index in [0.717, 1.165) is 0 Å². The van der Waals surface area contributed by atoms with Crippen molar-refractivity contribution in [2.24, 2.45) is 5.92 Å². The van der Waals surface area contributed by atoms with Crippen molar-refractivity contribution in [3.8, 4) is 0 Å². The molecular formula is C15H27NO5. The highest BCUT2D eigenvalue weighted by atomic mass is 16.6. The van der Waals surface area contributed by atoms with Crippen LogP contribution in [0.5, 0.6) is 0 Å². The van der Waals surface area contributed by atoms with Crippen LogP contribution in [0.1, 0.15) is 48.0 Å². The Kier molecular flexibility index (Phi) is 7.99. The smallest absolute Gasteiger partial charge is 0.410 e. The summed E-state index contributed by atoms with van der Waals surface area (Å²) in [5, 5.41) is 0. The van der Waals surface area contributed by atoms with Crippen LogP contribution < -0.4 is 0 Å². The number of amides is 1. The van der Waals surface area contributed by atoms with Crippen LogP contribution >= 0.6 is 0 Å². The first-order valence-corrected chi connectivity index (χ1v) is 7.42. The number of ether oxygens (including phenoxy) is 2. The van der Waals surface area contributed by atoms with Crippen molar-refractivity contribution in [1.29, 1.82) is 0 Å². The van der Waals surface area contributed by atoms with E-state index in [9.17, 15) is 14.4 Å². The molecule has 0 N–H and O–H groups in total. The quantitative estimate of drug-likeness (QED) is 0.578. The summed E-state index contributed by atoms with van der Waals surface area (Å²) in [6, 6.07) is 0. The molecule has 122 valence electrons. The number of carbonyl (C=O) groups is 3. The van der Waals surface area contributed by atoms with E-state index < -0.39 is 23.6 Å². The molecule has 1 heterocycles. The summed E-state index contributed by atoms with van der Waals surface area (Å²) in [6.07, 6.45) is -0.350. The van der Waals surface area contributed by atoms with Crippen molar-refractivity contribution >= 4 is 17.8 Å². The molecule has 1 aliphatic heterocycles. The fraction of sp³-hybridized carbons (Fsp3) is 0.800. The van der Waals surface area contributed by atoms with Crippen molar-refractivity contribution in [1.82, 2.24) is 4.90 Å². The molecule has 0 saturated carbocycles. The molecule has 0 bridgehead atoms. The summed E-state index contributed by atoms with van der Waals surface area (Å²) in [7, 11) is 0. The Balaban J connectivity index is 0.00000191. The Bertz CT molecular complexity index is 373. The van der Waals surface area contributed by atoms with Gasteiger partial charge in [0.25, 0.3) is 0 Å². The number of Topliss-reactive ketones (excluding diaryl/α,β-unsaturated/α-hetero) is 1. The van der Waals surface area contributed by atoms with Crippen LogP contribution in [0.4, 0.5) is 4.79 Å². The minimum Gasteiger partial charge on any atom is -0.465 e. The van der Waals surface area contributed by atoms with E-state index in [1.165, 1.54) is 4.90 Å². The molecular weight excluding hydrogens is 274 g/mol.